The summed E-state index contributed by atoms with van der Waals surface area (Å²) in [6, 6.07) is 17.3. The number of aryl methyl sites for hydroxylation is 1. The number of carbonyl (C=O) groups is 3. The van der Waals surface area contributed by atoms with Gasteiger partial charge in [0, 0.05) is 36.6 Å². The highest BCUT2D eigenvalue weighted by molar-refractivity contribution is 5.87. The molecule has 184 valence electrons. The lowest BCUT2D eigenvalue weighted by molar-refractivity contribution is -0.136. The number of H-pyrrole nitrogens is 1. The molecule has 2 heterocycles. The predicted octanol–water partition coefficient (Wildman–Crippen LogP) is 3.87. The van der Waals surface area contributed by atoms with Gasteiger partial charge in [0.1, 0.15) is 0 Å². The second kappa shape index (κ2) is 12.2. The Labute approximate surface area is 206 Å². The maximum Gasteiger partial charge on any atom is 0.242 e. The first-order valence-electron chi connectivity index (χ1n) is 12.5. The van der Waals surface area contributed by atoms with E-state index in [1.165, 1.54) is 0 Å². The molecule has 7 nitrogen and oxygen atoms in total. The number of carbonyl (C=O) groups excluding carboxylic acids is 3. The first kappa shape index (κ1) is 24.5. The van der Waals surface area contributed by atoms with Gasteiger partial charge in [-0.1, -0.05) is 61.4 Å². The molecule has 1 saturated heterocycles. The number of hydrogen-bond acceptors (Lipinski definition) is 3. The third kappa shape index (κ3) is 6.72. The Morgan fingerprint density at radius 1 is 0.971 bits per heavy atom. The van der Waals surface area contributed by atoms with E-state index in [4.69, 9.17) is 0 Å². The number of nitrogens with zero attached hydrogens (tertiary/aromatic N) is 1. The molecular weight excluding hydrogens is 440 g/mol. The zero-order valence-corrected chi connectivity index (χ0v) is 20.1. The summed E-state index contributed by atoms with van der Waals surface area (Å²) < 4.78 is 0. The number of hydrogen-bond donors (Lipinski definition) is 3. The minimum Gasteiger partial charge on any atom is -0.361 e. The molecule has 0 spiro atoms. The number of benzene rings is 2. The number of para-hydroxylation sites is 1. The van der Waals surface area contributed by atoms with Gasteiger partial charge in [-0.2, -0.15) is 0 Å². The molecule has 1 aromatic heterocycles. The lowest BCUT2D eigenvalue weighted by Gasteiger charge is -2.32. The van der Waals surface area contributed by atoms with E-state index >= 15 is 0 Å². The van der Waals surface area contributed by atoms with Gasteiger partial charge < -0.3 is 20.5 Å². The summed E-state index contributed by atoms with van der Waals surface area (Å²) in [7, 11) is 0. The van der Waals surface area contributed by atoms with Crippen LogP contribution < -0.4 is 10.6 Å². The van der Waals surface area contributed by atoms with Crippen molar-refractivity contribution in [3.63, 3.8) is 0 Å². The van der Waals surface area contributed by atoms with E-state index < -0.39 is 0 Å². The van der Waals surface area contributed by atoms with Crippen molar-refractivity contribution in [1.29, 1.82) is 0 Å². The molecule has 2 aromatic carbocycles. The lowest BCUT2D eigenvalue weighted by atomic mass is 10.0. The Balaban J connectivity index is 1.40. The summed E-state index contributed by atoms with van der Waals surface area (Å²) in [5.74, 6) is -0.372. The van der Waals surface area contributed by atoms with Crippen molar-refractivity contribution in [2.75, 3.05) is 19.6 Å². The molecular formula is C28H34N4O3. The summed E-state index contributed by atoms with van der Waals surface area (Å²) in [4.78, 5) is 43.5. The predicted molar refractivity (Wildman–Crippen MR) is 137 cm³/mol. The highest BCUT2D eigenvalue weighted by atomic mass is 16.2. The van der Waals surface area contributed by atoms with Gasteiger partial charge in [-0.3, -0.25) is 14.4 Å². The Morgan fingerprint density at radius 2 is 1.74 bits per heavy atom. The standard InChI is InChI=1S/C28H34N4O3/c33-26(15-14-22-19-30-24-13-7-6-12-23(22)24)31-20-28(35)32-17-9-2-1-8-16-29-27(34)18-25(32)21-10-4-3-5-11-21/h3-7,10-13,19,25,30H,1-2,8-9,14-18,20H2,(H,29,34)(H,31,33). The average Bonchev–Trinajstić information content (AvgIpc) is 3.28. The van der Waals surface area contributed by atoms with Crippen LogP contribution in [0, 0.1) is 0 Å². The molecule has 3 aromatic rings. The van der Waals surface area contributed by atoms with Gasteiger partial charge in [0.15, 0.2) is 0 Å². The van der Waals surface area contributed by atoms with E-state index in [-0.39, 0.29) is 36.7 Å². The van der Waals surface area contributed by atoms with Crippen molar-refractivity contribution >= 4 is 28.6 Å². The smallest absolute Gasteiger partial charge is 0.242 e. The Bertz CT molecular complexity index is 1140. The maximum absolute atomic E-state index is 13.3. The van der Waals surface area contributed by atoms with Crippen LogP contribution in [-0.4, -0.2) is 47.2 Å². The summed E-state index contributed by atoms with van der Waals surface area (Å²) in [5.41, 5.74) is 3.07. The monoisotopic (exact) mass is 474 g/mol. The van der Waals surface area contributed by atoms with Crippen LogP contribution in [0.3, 0.4) is 0 Å². The van der Waals surface area contributed by atoms with Crippen LogP contribution in [-0.2, 0) is 20.8 Å². The van der Waals surface area contributed by atoms with Gasteiger partial charge in [-0.05, 0) is 36.5 Å². The van der Waals surface area contributed by atoms with E-state index in [1.807, 2.05) is 60.8 Å². The second-order valence-corrected chi connectivity index (χ2v) is 9.12. The molecule has 1 aliphatic heterocycles. The minimum absolute atomic E-state index is 0.0543. The molecule has 1 aliphatic rings. The van der Waals surface area contributed by atoms with Crippen LogP contribution in [0.25, 0.3) is 10.9 Å². The van der Waals surface area contributed by atoms with Crippen molar-refractivity contribution in [3.8, 4) is 0 Å². The molecule has 1 fully saturated rings. The zero-order chi connectivity index (χ0) is 24.5. The van der Waals surface area contributed by atoms with Crippen LogP contribution in [0.1, 0.15) is 55.7 Å². The number of fused-ring (bicyclic) bond motifs is 1. The van der Waals surface area contributed by atoms with Gasteiger partial charge in [0.2, 0.25) is 17.7 Å². The van der Waals surface area contributed by atoms with Gasteiger partial charge in [0.25, 0.3) is 0 Å². The fourth-order valence-electron chi connectivity index (χ4n) is 4.72. The summed E-state index contributed by atoms with van der Waals surface area (Å²) in [5, 5.41) is 6.91. The van der Waals surface area contributed by atoms with E-state index in [0.29, 0.717) is 25.9 Å². The van der Waals surface area contributed by atoms with Crippen molar-refractivity contribution in [2.45, 2.75) is 51.0 Å². The normalized spacial score (nSPS) is 17.4. The highest BCUT2D eigenvalue weighted by Crippen LogP contribution is 2.26. The minimum atomic E-state index is -0.357. The SMILES string of the molecule is O=C(CCc1c[nH]c2ccccc12)NCC(=O)N1CCCCCCNC(=O)CC1c1ccccc1. The molecule has 7 heteroatoms. The molecule has 0 saturated carbocycles. The number of amides is 3. The first-order chi connectivity index (χ1) is 17.1. The molecule has 3 amide bonds. The number of nitrogens with one attached hydrogen (secondary N) is 3. The zero-order valence-electron chi connectivity index (χ0n) is 20.1. The fraction of sp³-hybridized carbons (Fsp3) is 0.393. The van der Waals surface area contributed by atoms with Crippen molar-refractivity contribution in [2.24, 2.45) is 0 Å². The van der Waals surface area contributed by atoms with Crippen molar-refractivity contribution in [1.82, 2.24) is 20.5 Å². The van der Waals surface area contributed by atoms with Crippen molar-refractivity contribution < 1.29 is 14.4 Å². The quantitative estimate of drug-likeness (QED) is 0.506. The molecule has 0 radical (unpaired) electrons. The van der Waals surface area contributed by atoms with Gasteiger partial charge in [0.05, 0.1) is 19.0 Å². The highest BCUT2D eigenvalue weighted by Gasteiger charge is 2.27. The van der Waals surface area contributed by atoms with E-state index in [9.17, 15) is 14.4 Å². The number of aromatic nitrogens is 1. The van der Waals surface area contributed by atoms with Crippen LogP contribution in [0.2, 0.25) is 0 Å². The molecule has 4 rings (SSSR count). The Hall–Kier alpha value is -3.61. The molecule has 1 unspecified atom stereocenters. The van der Waals surface area contributed by atoms with Crippen LogP contribution in [0.15, 0.2) is 60.8 Å². The Kier molecular flexibility index (Phi) is 8.54. The first-order valence-corrected chi connectivity index (χ1v) is 12.5. The second-order valence-electron chi connectivity index (χ2n) is 9.12. The largest absolute Gasteiger partial charge is 0.361 e. The lowest BCUT2D eigenvalue weighted by Crippen LogP contribution is -2.44. The number of aromatic amines is 1. The van der Waals surface area contributed by atoms with E-state index in [0.717, 1.165) is 47.7 Å². The van der Waals surface area contributed by atoms with Gasteiger partial charge in [-0.15, -0.1) is 0 Å². The van der Waals surface area contributed by atoms with Crippen LogP contribution in [0.4, 0.5) is 0 Å². The summed E-state index contributed by atoms with van der Waals surface area (Å²) >= 11 is 0. The van der Waals surface area contributed by atoms with Crippen LogP contribution >= 0.6 is 0 Å². The van der Waals surface area contributed by atoms with Gasteiger partial charge in [-0.25, -0.2) is 0 Å². The Morgan fingerprint density at radius 3 is 2.60 bits per heavy atom. The topological polar surface area (TPSA) is 94.3 Å². The third-order valence-electron chi connectivity index (χ3n) is 6.64. The third-order valence-corrected chi connectivity index (χ3v) is 6.64. The van der Waals surface area contributed by atoms with E-state index in [2.05, 4.69) is 15.6 Å². The average molecular weight is 475 g/mol. The summed E-state index contributed by atoms with van der Waals surface area (Å²) in [6.45, 7) is 1.16. The van der Waals surface area contributed by atoms with Gasteiger partial charge >= 0.3 is 0 Å². The molecule has 0 aliphatic carbocycles. The molecule has 0 bridgehead atoms. The molecule has 3 N–H and O–H groups in total. The van der Waals surface area contributed by atoms with E-state index in [1.54, 1.807) is 4.90 Å². The number of rotatable bonds is 6. The molecule has 35 heavy (non-hydrogen) atoms. The fourth-order valence-corrected chi connectivity index (χ4v) is 4.72. The maximum atomic E-state index is 13.3. The van der Waals surface area contributed by atoms with Crippen molar-refractivity contribution in [3.05, 3.63) is 71.9 Å². The summed E-state index contributed by atoms with van der Waals surface area (Å²) in [6.07, 6.45) is 6.89. The van der Waals surface area contributed by atoms with Crippen LogP contribution in [0.5, 0.6) is 0 Å². The molecule has 1 atom stereocenters.